The van der Waals surface area contributed by atoms with Crippen LogP contribution in [0.3, 0.4) is 0 Å². The van der Waals surface area contributed by atoms with Gasteiger partial charge in [0.1, 0.15) is 5.75 Å². The molecule has 0 radical (unpaired) electrons. The summed E-state index contributed by atoms with van der Waals surface area (Å²) in [6, 6.07) is 6.85. The fraction of sp³-hybridized carbons (Fsp3) is 0.625. The Bertz CT molecular complexity index is 404. The number of nitrogens with one attached hydrogen (secondary N) is 1. The number of rotatable bonds is 7. The van der Waals surface area contributed by atoms with Crippen LogP contribution < -0.4 is 10.1 Å². The Morgan fingerprint density at radius 1 is 1.37 bits per heavy atom. The highest BCUT2D eigenvalue weighted by atomic mass is 16.5. The number of methoxy groups -OCH3 is 1. The molecular weight excluding hydrogens is 238 g/mol. The van der Waals surface area contributed by atoms with Gasteiger partial charge in [-0.15, -0.1) is 0 Å². The van der Waals surface area contributed by atoms with E-state index in [1.54, 1.807) is 7.11 Å². The first-order valence-electron chi connectivity index (χ1n) is 7.18. The Morgan fingerprint density at radius 3 is 2.95 bits per heavy atom. The van der Waals surface area contributed by atoms with Gasteiger partial charge in [0.25, 0.3) is 0 Å². The number of ether oxygens (including phenoxy) is 2. The van der Waals surface area contributed by atoms with E-state index in [-0.39, 0.29) is 0 Å². The van der Waals surface area contributed by atoms with Crippen LogP contribution in [-0.4, -0.2) is 26.9 Å². The number of hydrogen-bond acceptors (Lipinski definition) is 3. The van der Waals surface area contributed by atoms with Gasteiger partial charge < -0.3 is 14.8 Å². The molecule has 0 saturated heterocycles. The smallest absolute Gasteiger partial charge is 0.119 e. The third kappa shape index (κ3) is 3.95. The molecule has 1 atom stereocenters. The van der Waals surface area contributed by atoms with Crippen molar-refractivity contribution in [3.05, 3.63) is 29.3 Å². The van der Waals surface area contributed by atoms with Gasteiger partial charge in [-0.05, 0) is 42.0 Å². The number of hydrogen-bond donors (Lipinski definition) is 1. The van der Waals surface area contributed by atoms with Crippen LogP contribution >= 0.6 is 0 Å². The molecule has 1 aromatic carbocycles. The first kappa shape index (κ1) is 14.4. The van der Waals surface area contributed by atoms with Crippen molar-refractivity contribution < 1.29 is 9.47 Å². The molecule has 1 aromatic rings. The maximum Gasteiger partial charge on any atom is 0.119 e. The molecule has 3 nitrogen and oxygen atoms in total. The summed E-state index contributed by atoms with van der Waals surface area (Å²) in [5, 5.41) is 3.58. The van der Waals surface area contributed by atoms with Crippen LogP contribution in [0.2, 0.25) is 0 Å². The van der Waals surface area contributed by atoms with Crippen LogP contribution in [0.1, 0.15) is 37.4 Å². The van der Waals surface area contributed by atoms with Crippen LogP contribution in [0.5, 0.6) is 5.75 Å². The van der Waals surface area contributed by atoms with E-state index in [4.69, 9.17) is 9.47 Å². The monoisotopic (exact) mass is 263 g/mol. The molecule has 1 aliphatic carbocycles. The predicted molar refractivity (Wildman–Crippen MR) is 77.7 cm³/mol. The van der Waals surface area contributed by atoms with Crippen LogP contribution in [0, 0.1) is 5.92 Å². The predicted octanol–water partition coefficient (Wildman–Crippen LogP) is 2.94. The summed E-state index contributed by atoms with van der Waals surface area (Å²) in [6.45, 7) is 6.89. The van der Waals surface area contributed by atoms with Crippen molar-refractivity contribution in [2.45, 2.75) is 32.7 Å². The Hall–Kier alpha value is -1.06. The molecule has 3 heteroatoms. The van der Waals surface area contributed by atoms with Gasteiger partial charge in [0.15, 0.2) is 0 Å². The van der Waals surface area contributed by atoms with Crippen molar-refractivity contribution in [2.75, 3.05) is 26.9 Å². The standard InChI is InChI=1S/C16H25NO2/c1-12(2)11-19-9-8-17-16-7-5-13-4-6-14(18-3)10-15(13)16/h4,6,10,12,16-17H,5,7-9,11H2,1-3H3. The largest absolute Gasteiger partial charge is 0.497 e. The molecule has 1 aliphatic rings. The zero-order valence-corrected chi connectivity index (χ0v) is 12.2. The van der Waals surface area contributed by atoms with Crippen LogP contribution in [0.15, 0.2) is 18.2 Å². The maximum atomic E-state index is 5.60. The normalized spacial score (nSPS) is 17.8. The molecule has 0 aliphatic heterocycles. The van der Waals surface area contributed by atoms with Gasteiger partial charge in [0.05, 0.1) is 13.7 Å². The fourth-order valence-electron chi connectivity index (χ4n) is 2.54. The quantitative estimate of drug-likeness (QED) is 0.767. The van der Waals surface area contributed by atoms with E-state index in [2.05, 4.69) is 31.3 Å². The first-order valence-corrected chi connectivity index (χ1v) is 7.18. The molecule has 0 heterocycles. The fourth-order valence-corrected chi connectivity index (χ4v) is 2.54. The third-order valence-corrected chi connectivity index (χ3v) is 3.52. The summed E-state index contributed by atoms with van der Waals surface area (Å²) < 4.78 is 10.9. The highest BCUT2D eigenvalue weighted by Gasteiger charge is 2.22. The van der Waals surface area contributed by atoms with Gasteiger partial charge in [0.2, 0.25) is 0 Å². The van der Waals surface area contributed by atoms with E-state index in [0.717, 1.165) is 31.9 Å². The molecule has 19 heavy (non-hydrogen) atoms. The maximum absolute atomic E-state index is 5.60. The van der Waals surface area contributed by atoms with Crippen molar-refractivity contribution in [3.63, 3.8) is 0 Å². The Labute approximate surface area is 116 Å². The van der Waals surface area contributed by atoms with Crippen LogP contribution in [-0.2, 0) is 11.2 Å². The van der Waals surface area contributed by atoms with E-state index < -0.39 is 0 Å². The Morgan fingerprint density at radius 2 is 2.21 bits per heavy atom. The molecule has 0 fully saturated rings. The van der Waals surface area contributed by atoms with Gasteiger partial charge >= 0.3 is 0 Å². The van der Waals surface area contributed by atoms with Crippen LogP contribution in [0.4, 0.5) is 0 Å². The molecule has 0 aromatic heterocycles. The van der Waals surface area contributed by atoms with E-state index in [9.17, 15) is 0 Å². The van der Waals surface area contributed by atoms with Gasteiger partial charge in [-0.2, -0.15) is 0 Å². The number of fused-ring (bicyclic) bond motifs is 1. The number of aryl methyl sites for hydroxylation is 1. The molecule has 2 rings (SSSR count). The second-order valence-corrected chi connectivity index (χ2v) is 5.58. The Balaban J connectivity index is 1.81. The van der Waals surface area contributed by atoms with Crippen LogP contribution in [0.25, 0.3) is 0 Å². The summed E-state index contributed by atoms with van der Waals surface area (Å²) in [7, 11) is 1.72. The molecule has 0 amide bonds. The molecule has 106 valence electrons. The van der Waals surface area contributed by atoms with Crippen molar-refractivity contribution >= 4 is 0 Å². The van der Waals surface area contributed by atoms with Crippen molar-refractivity contribution in [2.24, 2.45) is 5.92 Å². The molecule has 0 saturated carbocycles. The lowest BCUT2D eigenvalue weighted by Gasteiger charge is -2.15. The van der Waals surface area contributed by atoms with E-state index >= 15 is 0 Å². The average molecular weight is 263 g/mol. The van der Waals surface area contributed by atoms with Gasteiger partial charge in [-0.3, -0.25) is 0 Å². The SMILES string of the molecule is COc1ccc2c(c1)C(NCCOCC(C)C)CC2. The summed E-state index contributed by atoms with van der Waals surface area (Å²) in [5.41, 5.74) is 2.84. The molecular formula is C16H25NO2. The zero-order valence-electron chi connectivity index (χ0n) is 12.2. The average Bonchev–Trinajstić information content (AvgIpc) is 2.80. The van der Waals surface area contributed by atoms with Crippen molar-refractivity contribution in [1.29, 1.82) is 0 Å². The van der Waals surface area contributed by atoms with E-state index in [1.807, 2.05) is 6.07 Å². The van der Waals surface area contributed by atoms with Gasteiger partial charge in [-0.25, -0.2) is 0 Å². The van der Waals surface area contributed by atoms with Gasteiger partial charge in [-0.1, -0.05) is 19.9 Å². The minimum Gasteiger partial charge on any atom is -0.497 e. The third-order valence-electron chi connectivity index (χ3n) is 3.52. The minimum absolute atomic E-state index is 0.452. The molecule has 0 bridgehead atoms. The highest BCUT2D eigenvalue weighted by molar-refractivity contribution is 5.40. The summed E-state index contributed by atoms with van der Waals surface area (Å²) in [6.07, 6.45) is 2.33. The highest BCUT2D eigenvalue weighted by Crippen LogP contribution is 2.33. The summed E-state index contributed by atoms with van der Waals surface area (Å²) in [4.78, 5) is 0. The lowest BCUT2D eigenvalue weighted by atomic mass is 10.1. The topological polar surface area (TPSA) is 30.5 Å². The van der Waals surface area contributed by atoms with Gasteiger partial charge in [0, 0.05) is 19.2 Å². The van der Waals surface area contributed by atoms with Crippen molar-refractivity contribution in [3.8, 4) is 5.75 Å². The number of benzene rings is 1. The second-order valence-electron chi connectivity index (χ2n) is 5.58. The lowest BCUT2D eigenvalue weighted by molar-refractivity contribution is 0.110. The molecule has 1 unspecified atom stereocenters. The summed E-state index contributed by atoms with van der Waals surface area (Å²) in [5.74, 6) is 1.56. The lowest BCUT2D eigenvalue weighted by Crippen LogP contribution is -2.24. The van der Waals surface area contributed by atoms with E-state index in [1.165, 1.54) is 17.5 Å². The minimum atomic E-state index is 0.452. The van der Waals surface area contributed by atoms with E-state index in [0.29, 0.717) is 12.0 Å². The Kier molecular flexibility index (Phi) is 5.23. The molecule has 0 spiro atoms. The first-order chi connectivity index (χ1) is 9.20. The molecule has 1 N–H and O–H groups in total. The second kappa shape index (κ2) is 6.92. The van der Waals surface area contributed by atoms with Crippen molar-refractivity contribution in [1.82, 2.24) is 5.32 Å². The zero-order chi connectivity index (χ0) is 13.7. The summed E-state index contributed by atoms with van der Waals surface area (Å²) >= 11 is 0.